The smallest absolute Gasteiger partial charge is 0.137 e. The van der Waals surface area contributed by atoms with E-state index in [9.17, 15) is 0 Å². The van der Waals surface area contributed by atoms with Gasteiger partial charge >= 0.3 is 0 Å². The average molecular weight is 203 g/mol. The number of fused-ring (bicyclic) bond motifs is 1. The van der Waals surface area contributed by atoms with E-state index < -0.39 is 0 Å². The largest absolute Gasteiger partial charge is 0.464 e. The summed E-state index contributed by atoms with van der Waals surface area (Å²) in [6, 6.07) is 4.29. The second-order valence-corrected chi connectivity index (χ2v) is 4.30. The van der Waals surface area contributed by atoms with Gasteiger partial charge in [-0.05, 0) is 24.0 Å². The normalized spacial score (nSPS) is 11.5. The molecule has 15 heavy (non-hydrogen) atoms. The maximum absolute atomic E-state index is 5.70. The van der Waals surface area contributed by atoms with Crippen LogP contribution in [0.4, 0.5) is 0 Å². The summed E-state index contributed by atoms with van der Waals surface area (Å²) in [5.74, 6) is 0.477. The van der Waals surface area contributed by atoms with Gasteiger partial charge in [0.25, 0.3) is 0 Å². The minimum absolute atomic E-state index is 0.477. The zero-order valence-electron chi connectivity index (χ0n) is 9.50. The van der Waals surface area contributed by atoms with Crippen LogP contribution in [0.1, 0.15) is 36.5 Å². The molecule has 0 aliphatic heterocycles. The van der Waals surface area contributed by atoms with E-state index in [-0.39, 0.29) is 0 Å². The molecule has 2 rings (SSSR count). The quantitative estimate of drug-likeness (QED) is 0.813. The molecule has 0 aliphatic carbocycles. The third-order valence-corrected chi connectivity index (χ3v) is 2.88. The first kappa shape index (κ1) is 10.2. The second-order valence-electron chi connectivity index (χ2n) is 4.30. The molecule has 0 spiro atoms. The predicted molar refractivity (Wildman–Crippen MR) is 62.9 cm³/mol. The summed E-state index contributed by atoms with van der Waals surface area (Å²) in [6.45, 7) is 6.99. The average Bonchev–Trinajstić information content (AvgIpc) is 2.62. The van der Waals surface area contributed by atoms with Gasteiger partial charge in [-0.25, -0.2) is 0 Å². The van der Waals surface area contributed by atoms with Crippen molar-refractivity contribution in [2.24, 2.45) is 5.73 Å². The number of hydrogen-bond acceptors (Lipinski definition) is 2. The lowest BCUT2D eigenvalue weighted by Gasteiger charge is -2.07. The van der Waals surface area contributed by atoms with Crippen molar-refractivity contribution < 1.29 is 4.42 Å². The van der Waals surface area contributed by atoms with Crippen LogP contribution in [-0.4, -0.2) is 0 Å². The van der Waals surface area contributed by atoms with E-state index in [1.165, 1.54) is 16.5 Å². The topological polar surface area (TPSA) is 39.2 Å². The molecule has 1 heterocycles. The molecular formula is C13H17NO. The SMILES string of the molecule is Cc1ccc(C(C)C)c2occ(CN)c12. The van der Waals surface area contributed by atoms with Crippen molar-refractivity contribution in [2.45, 2.75) is 33.2 Å². The van der Waals surface area contributed by atoms with Crippen LogP contribution < -0.4 is 5.73 Å². The third kappa shape index (κ3) is 1.55. The molecule has 0 saturated carbocycles. The van der Waals surface area contributed by atoms with Gasteiger partial charge in [-0.15, -0.1) is 0 Å². The number of benzene rings is 1. The molecule has 2 heteroatoms. The van der Waals surface area contributed by atoms with Crippen molar-refractivity contribution in [1.29, 1.82) is 0 Å². The summed E-state index contributed by atoms with van der Waals surface area (Å²) >= 11 is 0. The Morgan fingerprint density at radius 1 is 1.33 bits per heavy atom. The predicted octanol–water partition coefficient (Wildman–Crippen LogP) is 3.32. The Hall–Kier alpha value is -1.28. The van der Waals surface area contributed by atoms with Crippen LogP contribution >= 0.6 is 0 Å². The Balaban J connectivity index is 2.78. The van der Waals surface area contributed by atoms with Crippen molar-refractivity contribution in [3.05, 3.63) is 35.1 Å². The lowest BCUT2D eigenvalue weighted by Crippen LogP contribution is -1.96. The van der Waals surface area contributed by atoms with Crippen LogP contribution in [0.25, 0.3) is 11.0 Å². The first-order valence-corrected chi connectivity index (χ1v) is 5.34. The lowest BCUT2D eigenvalue weighted by atomic mass is 9.97. The van der Waals surface area contributed by atoms with Gasteiger partial charge in [-0.1, -0.05) is 26.0 Å². The Bertz CT molecular complexity index is 482. The minimum atomic E-state index is 0.477. The van der Waals surface area contributed by atoms with Crippen molar-refractivity contribution in [3.63, 3.8) is 0 Å². The molecular weight excluding hydrogens is 186 g/mol. The molecule has 0 aliphatic rings. The Kier molecular flexibility index (Phi) is 2.53. The van der Waals surface area contributed by atoms with Crippen LogP contribution in [-0.2, 0) is 6.54 Å². The second kappa shape index (κ2) is 3.70. The van der Waals surface area contributed by atoms with Crippen LogP contribution in [0.5, 0.6) is 0 Å². The van der Waals surface area contributed by atoms with E-state index in [4.69, 9.17) is 10.2 Å². The van der Waals surface area contributed by atoms with Crippen molar-refractivity contribution in [2.75, 3.05) is 0 Å². The molecule has 0 atom stereocenters. The first-order valence-electron chi connectivity index (χ1n) is 5.34. The highest BCUT2D eigenvalue weighted by atomic mass is 16.3. The molecule has 2 nitrogen and oxygen atoms in total. The molecule has 1 aromatic heterocycles. The molecule has 0 radical (unpaired) electrons. The summed E-state index contributed by atoms with van der Waals surface area (Å²) in [5.41, 5.74) is 10.3. The van der Waals surface area contributed by atoms with Gasteiger partial charge in [0.05, 0.1) is 6.26 Å². The van der Waals surface area contributed by atoms with Crippen LogP contribution in [0.2, 0.25) is 0 Å². The highest BCUT2D eigenvalue weighted by Gasteiger charge is 2.13. The molecule has 80 valence electrons. The molecule has 2 aromatic rings. The minimum Gasteiger partial charge on any atom is -0.464 e. The standard InChI is InChI=1S/C13H17NO/c1-8(2)11-5-4-9(3)12-10(6-14)7-15-13(11)12/h4-5,7-8H,6,14H2,1-3H3. The molecule has 0 amide bonds. The van der Waals surface area contributed by atoms with Crippen molar-refractivity contribution in [1.82, 2.24) is 0 Å². The monoisotopic (exact) mass is 203 g/mol. The van der Waals surface area contributed by atoms with Gasteiger partial charge in [0.1, 0.15) is 5.58 Å². The van der Waals surface area contributed by atoms with E-state index in [0.717, 1.165) is 11.1 Å². The molecule has 0 saturated heterocycles. The van der Waals surface area contributed by atoms with Gasteiger partial charge < -0.3 is 10.2 Å². The zero-order chi connectivity index (χ0) is 11.0. The van der Waals surface area contributed by atoms with Gasteiger partial charge in [-0.3, -0.25) is 0 Å². The third-order valence-electron chi connectivity index (χ3n) is 2.88. The number of nitrogens with two attached hydrogens (primary N) is 1. The van der Waals surface area contributed by atoms with Crippen molar-refractivity contribution >= 4 is 11.0 Å². The summed E-state index contributed by atoms with van der Waals surface area (Å²) in [6.07, 6.45) is 1.78. The van der Waals surface area contributed by atoms with Gasteiger partial charge in [0.2, 0.25) is 0 Å². The van der Waals surface area contributed by atoms with Gasteiger partial charge in [0, 0.05) is 17.5 Å². The molecule has 0 fully saturated rings. The fraction of sp³-hybridized carbons (Fsp3) is 0.385. The summed E-state index contributed by atoms with van der Waals surface area (Å²) < 4.78 is 5.63. The van der Waals surface area contributed by atoms with E-state index >= 15 is 0 Å². The number of furan rings is 1. The van der Waals surface area contributed by atoms with E-state index in [0.29, 0.717) is 12.5 Å². The summed E-state index contributed by atoms with van der Waals surface area (Å²) in [5, 5.41) is 1.20. The van der Waals surface area contributed by atoms with Crippen LogP contribution in [0.3, 0.4) is 0 Å². The Labute approximate surface area is 90.1 Å². The molecule has 2 N–H and O–H groups in total. The highest BCUT2D eigenvalue weighted by Crippen LogP contribution is 2.31. The molecule has 0 bridgehead atoms. The maximum atomic E-state index is 5.70. The number of aryl methyl sites for hydroxylation is 1. The van der Waals surface area contributed by atoms with E-state index in [1.807, 2.05) is 0 Å². The van der Waals surface area contributed by atoms with Gasteiger partial charge in [-0.2, -0.15) is 0 Å². The number of rotatable bonds is 2. The maximum Gasteiger partial charge on any atom is 0.137 e. The lowest BCUT2D eigenvalue weighted by molar-refractivity contribution is 0.602. The molecule has 1 aromatic carbocycles. The summed E-state index contributed by atoms with van der Waals surface area (Å²) in [4.78, 5) is 0. The zero-order valence-corrected chi connectivity index (χ0v) is 9.50. The number of hydrogen-bond donors (Lipinski definition) is 1. The fourth-order valence-corrected chi connectivity index (χ4v) is 2.02. The molecule has 0 unspecified atom stereocenters. The fourth-order valence-electron chi connectivity index (χ4n) is 2.02. The van der Waals surface area contributed by atoms with Crippen LogP contribution in [0.15, 0.2) is 22.8 Å². The van der Waals surface area contributed by atoms with E-state index in [2.05, 4.69) is 32.9 Å². The van der Waals surface area contributed by atoms with Gasteiger partial charge in [0.15, 0.2) is 0 Å². The van der Waals surface area contributed by atoms with E-state index in [1.54, 1.807) is 6.26 Å². The Morgan fingerprint density at radius 3 is 2.67 bits per heavy atom. The van der Waals surface area contributed by atoms with Crippen LogP contribution in [0, 0.1) is 6.92 Å². The first-order chi connectivity index (χ1) is 7.15. The highest BCUT2D eigenvalue weighted by molar-refractivity contribution is 5.87. The van der Waals surface area contributed by atoms with Crippen molar-refractivity contribution in [3.8, 4) is 0 Å². The Morgan fingerprint density at radius 2 is 2.07 bits per heavy atom. The summed E-state index contributed by atoms with van der Waals surface area (Å²) in [7, 11) is 0.